The van der Waals surface area contributed by atoms with Gasteiger partial charge in [0.2, 0.25) is 0 Å². The van der Waals surface area contributed by atoms with Crippen molar-refractivity contribution in [3.05, 3.63) is 79.7 Å². The second-order valence-corrected chi connectivity index (χ2v) is 7.46. The molecule has 3 aromatic rings. The second kappa shape index (κ2) is 7.53. The van der Waals surface area contributed by atoms with E-state index < -0.39 is 4.92 Å². The van der Waals surface area contributed by atoms with Crippen LogP contribution in [0.4, 0.5) is 11.5 Å². The number of hydrogen-bond donors (Lipinski definition) is 1. The van der Waals surface area contributed by atoms with E-state index in [1.54, 1.807) is 38.1 Å². The van der Waals surface area contributed by atoms with Crippen LogP contribution in [0.3, 0.4) is 0 Å². The number of nitro groups is 1. The molecule has 8 nitrogen and oxygen atoms in total. The normalized spacial score (nSPS) is 13.7. The van der Waals surface area contributed by atoms with Gasteiger partial charge < -0.3 is 10.2 Å². The molecule has 0 bridgehead atoms. The molecule has 1 aromatic carbocycles. The van der Waals surface area contributed by atoms with Gasteiger partial charge in [0.1, 0.15) is 29.5 Å². The number of fused-ring (bicyclic) bond motifs is 1. The van der Waals surface area contributed by atoms with E-state index in [1.165, 1.54) is 12.1 Å². The molecule has 2 heterocycles. The molecule has 156 valence electrons. The number of non-ortho nitro benzene ring substituents is 1. The summed E-state index contributed by atoms with van der Waals surface area (Å²) in [6.07, 6.45) is 1.80. The molecular formula is C24H17N5O3. The fourth-order valence-electron chi connectivity index (χ4n) is 3.95. The van der Waals surface area contributed by atoms with Gasteiger partial charge in [0.15, 0.2) is 0 Å². The van der Waals surface area contributed by atoms with Gasteiger partial charge in [0.25, 0.3) is 5.69 Å². The molecule has 2 N–H and O–H groups in total. The minimum atomic E-state index is -0.438. The largest absolute Gasteiger partial charge is 0.457 e. The first kappa shape index (κ1) is 20.6. The Morgan fingerprint density at radius 2 is 1.91 bits per heavy atom. The molecule has 8 heteroatoms. The first-order chi connectivity index (χ1) is 15.3. The van der Waals surface area contributed by atoms with Crippen LogP contribution in [0.1, 0.15) is 40.6 Å². The first-order valence-corrected chi connectivity index (χ1v) is 9.66. The van der Waals surface area contributed by atoms with Crippen LogP contribution in [0, 0.1) is 46.6 Å². The lowest BCUT2D eigenvalue weighted by Gasteiger charge is -2.10. The summed E-state index contributed by atoms with van der Waals surface area (Å²) in [5.74, 6) is 1.20. The van der Waals surface area contributed by atoms with E-state index in [9.17, 15) is 20.6 Å². The summed E-state index contributed by atoms with van der Waals surface area (Å²) in [5, 5.41) is 30.1. The van der Waals surface area contributed by atoms with E-state index in [0.717, 1.165) is 22.3 Å². The monoisotopic (exact) mass is 423 g/mol. The summed E-state index contributed by atoms with van der Waals surface area (Å²) in [4.78, 5) is 14.9. The molecule has 0 spiro atoms. The molecule has 0 saturated carbocycles. The molecule has 0 unspecified atom stereocenters. The highest BCUT2D eigenvalue weighted by Crippen LogP contribution is 2.44. The van der Waals surface area contributed by atoms with E-state index in [1.807, 2.05) is 6.92 Å². The van der Waals surface area contributed by atoms with Gasteiger partial charge in [-0.15, -0.1) is 0 Å². The molecule has 0 aliphatic heterocycles. The SMILES string of the molecule is CC1=C(C#N)c2nc(N)c(C#N)c(C)c2/C1=C/c1ccc(-c2ccc([N+](=O)[O-])cc2C)o1. The fourth-order valence-corrected chi connectivity index (χ4v) is 3.95. The predicted octanol–water partition coefficient (Wildman–Crippen LogP) is 5.17. The summed E-state index contributed by atoms with van der Waals surface area (Å²) >= 11 is 0. The van der Waals surface area contributed by atoms with Crippen LogP contribution in [0.25, 0.3) is 28.5 Å². The van der Waals surface area contributed by atoms with Gasteiger partial charge in [0.05, 0.1) is 21.8 Å². The van der Waals surface area contributed by atoms with Gasteiger partial charge in [-0.05, 0) is 67.3 Å². The van der Waals surface area contributed by atoms with Crippen molar-refractivity contribution in [1.82, 2.24) is 4.98 Å². The number of anilines is 1. The number of nitrogens with two attached hydrogens (primary N) is 1. The molecule has 0 atom stereocenters. The molecule has 0 saturated heterocycles. The van der Waals surface area contributed by atoms with Crippen molar-refractivity contribution in [3.63, 3.8) is 0 Å². The van der Waals surface area contributed by atoms with Crippen LogP contribution in [-0.4, -0.2) is 9.91 Å². The standard InChI is InChI=1S/C24H17N5O3/c1-12-8-15(29(30)31)4-6-17(12)21-7-5-16(32-21)9-18-13(2)19(10-25)23-22(18)14(3)20(11-26)24(27)28-23/h4-9H,1-3H3,(H2,27,28)/b18-9+. The van der Waals surface area contributed by atoms with Crippen molar-refractivity contribution < 1.29 is 9.34 Å². The molecule has 32 heavy (non-hydrogen) atoms. The summed E-state index contributed by atoms with van der Waals surface area (Å²) in [7, 11) is 0. The van der Waals surface area contributed by atoms with Crippen LogP contribution in [0.5, 0.6) is 0 Å². The van der Waals surface area contributed by atoms with Crippen LogP contribution >= 0.6 is 0 Å². The lowest BCUT2D eigenvalue weighted by atomic mass is 9.96. The van der Waals surface area contributed by atoms with Crippen molar-refractivity contribution in [2.24, 2.45) is 0 Å². The average molecular weight is 423 g/mol. The minimum Gasteiger partial charge on any atom is -0.457 e. The summed E-state index contributed by atoms with van der Waals surface area (Å²) in [6, 6.07) is 12.4. The predicted molar refractivity (Wildman–Crippen MR) is 120 cm³/mol. The number of benzene rings is 1. The van der Waals surface area contributed by atoms with Gasteiger partial charge >= 0.3 is 0 Å². The van der Waals surface area contributed by atoms with Crippen LogP contribution in [0.2, 0.25) is 0 Å². The van der Waals surface area contributed by atoms with Crippen molar-refractivity contribution >= 4 is 28.7 Å². The average Bonchev–Trinajstić information content (AvgIpc) is 3.31. The van der Waals surface area contributed by atoms with Crippen molar-refractivity contribution in [1.29, 1.82) is 10.5 Å². The number of furan rings is 1. The highest BCUT2D eigenvalue weighted by atomic mass is 16.6. The maximum absolute atomic E-state index is 11.0. The number of pyridine rings is 1. The molecular weight excluding hydrogens is 406 g/mol. The maximum atomic E-state index is 11.0. The number of nitrogens with zero attached hydrogens (tertiary/aromatic N) is 4. The zero-order valence-electron chi connectivity index (χ0n) is 17.6. The van der Waals surface area contributed by atoms with E-state index >= 15 is 0 Å². The zero-order chi connectivity index (χ0) is 23.2. The van der Waals surface area contributed by atoms with Crippen LogP contribution in [0.15, 0.2) is 40.3 Å². The second-order valence-electron chi connectivity index (χ2n) is 7.46. The van der Waals surface area contributed by atoms with E-state index in [0.29, 0.717) is 33.9 Å². The molecule has 4 rings (SSSR count). The number of aromatic nitrogens is 1. The number of rotatable bonds is 3. The van der Waals surface area contributed by atoms with E-state index in [-0.39, 0.29) is 17.1 Å². The van der Waals surface area contributed by atoms with Crippen LogP contribution in [-0.2, 0) is 0 Å². The smallest absolute Gasteiger partial charge is 0.269 e. The fraction of sp³-hybridized carbons (Fsp3) is 0.125. The van der Waals surface area contributed by atoms with Gasteiger partial charge in [-0.2, -0.15) is 10.5 Å². The van der Waals surface area contributed by atoms with Gasteiger partial charge in [-0.25, -0.2) is 4.98 Å². The lowest BCUT2D eigenvalue weighted by molar-refractivity contribution is -0.384. The highest BCUT2D eigenvalue weighted by Gasteiger charge is 2.30. The van der Waals surface area contributed by atoms with Gasteiger partial charge in [-0.1, -0.05) is 0 Å². The minimum absolute atomic E-state index is 0.0167. The summed E-state index contributed by atoms with van der Waals surface area (Å²) in [6.45, 7) is 5.38. The first-order valence-electron chi connectivity index (χ1n) is 9.66. The third kappa shape index (κ3) is 3.11. The Labute approximate surface area is 183 Å². The Balaban J connectivity index is 1.83. The zero-order valence-corrected chi connectivity index (χ0v) is 17.6. The van der Waals surface area contributed by atoms with Crippen molar-refractivity contribution in [2.75, 3.05) is 5.73 Å². The quantitative estimate of drug-likeness (QED) is 0.452. The Bertz CT molecular complexity index is 1460. The molecule has 0 fully saturated rings. The van der Waals surface area contributed by atoms with Crippen molar-refractivity contribution in [2.45, 2.75) is 20.8 Å². The third-order valence-electron chi connectivity index (χ3n) is 5.58. The Kier molecular flexibility index (Phi) is 4.84. The van der Waals surface area contributed by atoms with Crippen LogP contribution < -0.4 is 5.73 Å². The Morgan fingerprint density at radius 1 is 1.16 bits per heavy atom. The number of nitro benzene ring substituents is 1. The molecule has 0 amide bonds. The number of nitrogen functional groups attached to an aromatic ring is 1. The van der Waals surface area contributed by atoms with Crippen molar-refractivity contribution in [3.8, 4) is 23.5 Å². The Morgan fingerprint density at radius 3 is 2.53 bits per heavy atom. The lowest BCUT2D eigenvalue weighted by Crippen LogP contribution is -2.03. The number of aryl methyl sites for hydroxylation is 1. The molecule has 1 aliphatic rings. The Hall–Kier alpha value is -4.69. The maximum Gasteiger partial charge on any atom is 0.269 e. The highest BCUT2D eigenvalue weighted by molar-refractivity contribution is 6.08. The summed E-state index contributed by atoms with van der Waals surface area (Å²) in [5.41, 5.74) is 11.4. The number of nitriles is 2. The topological polar surface area (TPSA) is 143 Å². The van der Waals surface area contributed by atoms with E-state index in [2.05, 4.69) is 17.1 Å². The molecule has 2 aromatic heterocycles. The van der Waals surface area contributed by atoms with Gasteiger partial charge in [-0.3, -0.25) is 10.1 Å². The third-order valence-corrected chi connectivity index (χ3v) is 5.58. The summed E-state index contributed by atoms with van der Waals surface area (Å²) < 4.78 is 6.00. The van der Waals surface area contributed by atoms with E-state index in [4.69, 9.17) is 10.2 Å². The molecule has 0 radical (unpaired) electrons. The molecule has 1 aliphatic carbocycles. The number of allylic oxidation sites excluding steroid dienone is 3. The number of hydrogen-bond acceptors (Lipinski definition) is 7. The van der Waals surface area contributed by atoms with Gasteiger partial charge in [0, 0.05) is 23.3 Å².